The summed E-state index contributed by atoms with van der Waals surface area (Å²) in [6.45, 7) is 0. The molecule has 0 aliphatic carbocycles. The van der Waals surface area contributed by atoms with Crippen LogP contribution in [0.3, 0.4) is 0 Å². The molecule has 0 fully saturated rings. The number of aromatic nitrogens is 1. The van der Waals surface area contributed by atoms with Crippen LogP contribution in [0.5, 0.6) is 0 Å². The predicted octanol–water partition coefficient (Wildman–Crippen LogP) is 8.18. The summed E-state index contributed by atoms with van der Waals surface area (Å²) in [6.07, 6.45) is 3.01. The summed E-state index contributed by atoms with van der Waals surface area (Å²) in [5, 5.41) is 8.63. The Labute approximate surface area is 204 Å². The van der Waals surface area contributed by atoms with Gasteiger partial charge in [0.1, 0.15) is 11.5 Å². The summed E-state index contributed by atoms with van der Waals surface area (Å²) < 4.78 is 5.78. The standard InChI is InChI=1S/C26H16Cl2N2O2S/c27-20-12-19(13-21(28)14-20)24-9-7-22(32-24)8-10-25(31)30-26-29-23(15-33-26)18-6-5-16-3-1-2-4-17(16)11-18/h1-15H,(H,29,30,31)/b10-8+. The van der Waals surface area contributed by atoms with Crippen molar-refractivity contribution in [1.29, 1.82) is 0 Å². The Morgan fingerprint density at radius 2 is 1.70 bits per heavy atom. The lowest BCUT2D eigenvalue weighted by Crippen LogP contribution is -2.07. The fourth-order valence-electron chi connectivity index (χ4n) is 3.41. The van der Waals surface area contributed by atoms with Gasteiger partial charge in [0.15, 0.2) is 5.13 Å². The molecule has 0 saturated carbocycles. The maximum atomic E-state index is 12.4. The van der Waals surface area contributed by atoms with Gasteiger partial charge < -0.3 is 4.42 Å². The molecular weight excluding hydrogens is 475 g/mol. The van der Waals surface area contributed by atoms with Crippen LogP contribution in [0.1, 0.15) is 5.76 Å². The molecule has 5 aromatic rings. The number of fused-ring (bicyclic) bond motifs is 1. The molecule has 5 rings (SSSR count). The van der Waals surface area contributed by atoms with Crippen molar-refractivity contribution in [2.24, 2.45) is 0 Å². The van der Waals surface area contributed by atoms with Gasteiger partial charge in [-0.3, -0.25) is 10.1 Å². The van der Waals surface area contributed by atoms with Crippen molar-refractivity contribution in [3.63, 3.8) is 0 Å². The van der Waals surface area contributed by atoms with Crippen LogP contribution < -0.4 is 5.32 Å². The number of carbonyl (C=O) groups excluding carboxylic acids is 1. The first kappa shape index (κ1) is 21.5. The highest BCUT2D eigenvalue weighted by molar-refractivity contribution is 7.14. The Kier molecular flexibility index (Phi) is 6.01. The van der Waals surface area contributed by atoms with Crippen LogP contribution in [0.25, 0.3) is 39.4 Å². The van der Waals surface area contributed by atoms with Crippen LogP contribution in [0.4, 0.5) is 5.13 Å². The summed E-state index contributed by atoms with van der Waals surface area (Å²) >= 11 is 13.5. The fourth-order valence-corrected chi connectivity index (χ4v) is 4.66. The van der Waals surface area contributed by atoms with Crippen molar-refractivity contribution in [3.05, 3.63) is 100 Å². The Morgan fingerprint density at radius 1 is 0.909 bits per heavy atom. The molecule has 3 aromatic carbocycles. The maximum Gasteiger partial charge on any atom is 0.250 e. The lowest BCUT2D eigenvalue weighted by Gasteiger charge is -2.01. The molecule has 0 aliphatic rings. The molecule has 0 aliphatic heterocycles. The van der Waals surface area contributed by atoms with Gasteiger partial charge in [-0.15, -0.1) is 11.3 Å². The number of thiazole rings is 1. The second-order valence-electron chi connectivity index (χ2n) is 7.28. The third kappa shape index (κ3) is 5.01. The van der Waals surface area contributed by atoms with Gasteiger partial charge >= 0.3 is 0 Å². The minimum absolute atomic E-state index is 0.293. The molecule has 0 bridgehead atoms. The van der Waals surface area contributed by atoms with E-state index in [9.17, 15) is 4.79 Å². The molecule has 1 N–H and O–H groups in total. The van der Waals surface area contributed by atoms with Crippen LogP contribution in [-0.2, 0) is 4.79 Å². The molecule has 0 saturated heterocycles. The van der Waals surface area contributed by atoms with Crippen molar-refractivity contribution >= 4 is 62.4 Å². The molecule has 33 heavy (non-hydrogen) atoms. The highest BCUT2D eigenvalue weighted by Gasteiger charge is 2.09. The van der Waals surface area contributed by atoms with E-state index < -0.39 is 0 Å². The van der Waals surface area contributed by atoms with Crippen LogP contribution in [0.15, 0.2) is 88.7 Å². The first-order valence-electron chi connectivity index (χ1n) is 10.0. The van der Waals surface area contributed by atoms with E-state index in [-0.39, 0.29) is 5.91 Å². The summed E-state index contributed by atoms with van der Waals surface area (Å²) in [5.41, 5.74) is 2.59. The number of furan rings is 1. The van der Waals surface area contributed by atoms with E-state index in [2.05, 4.69) is 34.6 Å². The molecule has 2 heterocycles. The zero-order valence-electron chi connectivity index (χ0n) is 17.1. The Balaban J connectivity index is 1.26. The number of amides is 1. The molecule has 1 amide bonds. The van der Waals surface area contributed by atoms with Gasteiger partial charge in [-0.05, 0) is 53.2 Å². The lowest BCUT2D eigenvalue weighted by atomic mass is 10.1. The monoisotopic (exact) mass is 490 g/mol. The maximum absolute atomic E-state index is 12.4. The quantitative estimate of drug-likeness (QED) is 0.252. The number of anilines is 1. The minimum Gasteiger partial charge on any atom is -0.457 e. The SMILES string of the molecule is O=C(/C=C/c1ccc(-c2cc(Cl)cc(Cl)c2)o1)Nc1nc(-c2ccc3ccccc3c2)cs1. The topological polar surface area (TPSA) is 55.1 Å². The van der Waals surface area contributed by atoms with Gasteiger partial charge in [-0.1, -0.05) is 59.6 Å². The molecule has 7 heteroatoms. The highest BCUT2D eigenvalue weighted by Crippen LogP contribution is 2.30. The summed E-state index contributed by atoms with van der Waals surface area (Å²) in [7, 11) is 0. The Hall–Kier alpha value is -3.38. The normalized spacial score (nSPS) is 11.3. The number of benzene rings is 3. The fraction of sp³-hybridized carbons (Fsp3) is 0. The van der Waals surface area contributed by atoms with Gasteiger partial charge in [0.2, 0.25) is 5.91 Å². The van der Waals surface area contributed by atoms with E-state index in [1.165, 1.54) is 22.8 Å². The number of rotatable bonds is 5. The molecule has 162 valence electrons. The number of hydrogen-bond donors (Lipinski definition) is 1. The number of carbonyl (C=O) groups is 1. The second kappa shape index (κ2) is 9.24. The number of hydrogen-bond acceptors (Lipinski definition) is 4. The van der Waals surface area contributed by atoms with Crippen LogP contribution in [0.2, 0.25) is 10.0 Å². The molecular formula is C26H16Cl2N2O2S. The zero-order valence-corrected chi connectivity index (χ0v) is 19.4. The molecule has 2 aromatic heterocycles. The van der Waals surface area contributed by atoms with Crippen molar-refractivity contribution in [2.45, 2.75) is 0 Å². The number of nitrogens with zero attached hydrogens (tertiary/aromatic N) is 1. The molecule has 0 unspecified atom stereocenters. The largest absolute Gasteiger partial charge is 0.457 e. The third-order valence-electron chi connectivity index (χ3n) is 4.95. The van der Waals surface area contributed by atoms with Crippen LogP contribution in [-0.4, -0.2) is 10.9 Å². The van der Waals surface area contributed by atoms with Crippen molar-refractivity contribution in [3.8, 4) is 22.6 Å². The van der Waals surface area contributed by atoms with Gasteiger partial charge in [0, 0.05) is 32.6 Å². The number of halogens is 2. The van der Waals surface area contributed by atoms with E-state index in [0.29, 0.717) is 26.7 Å². The third-order valence-corrected chi connectivity index (χ3v) is 6.15. The van der Waals surface area contributed by atoms with E-state index in [4.69, 9.17) is 27.6 Å². The van der Waals surface area contributed by atoms with Crippen molar-refractivity contribution < 1.29 is 9.21 Å². The smallest absolute Gasteiger partial charge is 0.250 e. The average molecular weight is 491 g/mol. The molecule has 4 nitrogen and oxygen atoms in total. The van der Waals surface area contributed by atoms with Crippen molar-refractivity contribution in [2.75, 3.05) is 5.32 Å². The molecule has 0 spiro atoms. The van der Waals surface area contributed by atoms with Gasteiger partial charge in [0.05, 0.1) is 5.69 Å². The minimum atomic E-state index is -0.293. The van der Waals surface area contributed by atoms with Gasteiger partial charge in [0.25, 0.3) is 0 Å². The van der Waals surface area contributed by atoms with Crippen LogP contribution in [0, 0.1) is 0 Å². The summed E-state index contributed by atoms with van der Waals surface area (Å²) in [6, 6.07) is 23.1. The first-order valence-corrected chi connectivity index (χ1v) is 11.7. The van der Waals surface area contributed by atoms with Crippen LogP contribution >= 0.6 is 34.5 Å². The van der Waals surface area contributed by atoms with E-state index >= 15 is 0 Å². The van der Waals surface area contributed by atoms with Gasteiger partial charge in [-0.25, -0.2) is 4.98 Å². The summed E-state index contributed by atoms with van der Waals surface area (Å²) in [4.78, 5) is 16.9. The van der Waals surface area contributed by atoms with E-state index in [1.807, 2.05) is 23.6 Å². The van der Waals surface area contributed by atoms with Gasteiger partial charge in [-0.2, -0.15) is 0 Å². The zero-order chi connectivity index (χ0) is 22.8. The average Bonchev–Trinajstić information content (AvgIpc) is 3.47. The molecule has 0 atom stereocenters. The Morgan fingerprint density at radius 3 is 2.52 bits per heavy atom. The first-order chi connectivity index (χ1) is 16.0. The van der Waals surface area contributed by atoms with E-state index in [1.54, 1.807) is 36.4 Å². The summed E-state index contributed by atoms with van der Waals surface area (Å²) in [5.74, 6) is 0.852. The molecule has 0 radical (unpaired) electrons. The second-order valence-corrected chi connectivity index (χ2v) is 9.01. The Bertz CT molecular complexity index is 1480. The van der Waals surface area contributed by atoms with Crippen molar-refractivity contribution in [1.82, 2.24) is 4.98 Å². The highest BCUT2D eigenvalue weighted by atomic mass is 35.5. The lowest BCUT2D eigenvalue weighted by molar-refractivity contribution is -0.111. The van der Waals surface area contributed by atoms with E-state index in [0.717, 1.165) is 22.2 Å². The predicted molar refractivity (Wildman–Crippen MR) is 137 cm³/mol. The number of nitrogens with one attached hydrogen (secondary N) is 1.